The Bertz CT molecular complexity index is 973. The molecule has 0 aliphatic carbocycles. The first-order valence-corrected chi connectivity index (χ1v) is 9.72. The molecule has 144 valence electrons. The Morgan fingerprint density at radius 2 is 1.93 bits per heavy atom. The molecule has 1 aliphatic heterocycles. The Hall–Kier alpha value is -2.36. The lowest BCUT2D eigenvalue weighted by Crippen LogP contribution is -2.35. The van der Waals surface area contributed by atoms with Crippen LogP contribution in [0.4, 0.5) is 14.5 Å². The highest BCUT2D eigenvalue weighted by atomic mass is 32.2. The Morgan fingerprint density at radius 3 is 2.59 bits per heavy atom. The molecule has 0 saturated carbocycles. The number of hydrogen-bond acceptors (Lipinski definition) is 4. The third-order valence-corrected chi connectivity index (χ3v) is 5.69. The van der Waals surface area contributed by atoms with Gasteiger partial charge in [0.05, 0.1) is 17.1 Å². The standard InChI is InChI=1S/C18H18F2N2O4S/c1-11-2-3-12(8-17(11)20)21-18(23)15-9-14(4-5-16(15)19)27(24,25)22-13-6-7-26-10-13/h2-5,8-9,13,22H,6-7,10H2,1H3,(H,21,23)/t13-/m0/s1. The number of benzene rings is 2. The van der Waals surface area contributed by atoms with Gasteiger partial charge in [-0.05, 0) is 49.2 Å². The smallest absolute Gasteiger partial charge is 0.258 e. The number of anilines is 1. The minimum atomic E-state index is -3.94. The molecule has 0 radical (unpaired) electrons. The number of ether oxygens (including phenoxy) is 1. The maximum absolute atomic E-state index is 14.1. The molecule has 0 spiro atoms. The lowest BCUT2D eigenvalue weighted by atomic mass is 10.1. The van der Waals surface area contributed by atoms with E-state index < -0.39 is 33.1 Å². The fraction of sp³-hybridized carbons (Fsp3) is 0.278. The summed E-state index contributed by atoms with van der Waals surface area (Å²) in [5.41, 5.74) is 0.0766. The fourth-order valence-electron chi connectivity index (χ4n) is 2.63. The van der Waals surface area contributed by atoms with Crippen molar-refractivity contribution in [3.63, 3.8) is 0 Å². The average Bonchev–Trinajstić information content (AvgIpc) is 3.10. The van der Waals surface area contributed by atoms with E-state index in [2.05, 4.69) is 10.0 Å². The third kappa shape index (κ3) is 4.49. The zero-order valence-electron chi connectivity index (χ0n) is 14.5. The number of hydrogen-bond donors (Lipinski definition) is 2. The predicted molar refractivity (Wildman–Crippen MR) is 95.0 cm³/mol. The van der Waals surface area contributed by atoms with Gasteiger partial charge in [0.2, 0.25) is 10.0 Å². The number of amides is 1. The van der Waals surface area contributed by atoms with E-state index in [0.717, 1.165) is 24.3 Å². The number of aryl methyl sites for hydroxylation is 1. The van der Waals surface area contributed by atoms with E-state index in [4.69, 9.17) is 4.74 Å². The first-order valence-electron chi connectivity index (χ1n) is 8.23. The summed E-state index contributed by atoms with van der Waals surface area (Å²) >= 11 is 0. The van der Waals surface area contributed by atoms with E-state index >= 15 is 0 Å². The van der Waals surface area contributed by atoms with Gasteiger partial charge in [-0.1, -0.05) is 6.07 Å². The minimum absolute atomic E-state index is 0.136. The summed E-state index contributed by atoms with van der Waals surface area (Å²) in [4.78, 5) is 12.1. The van der Waals surface area contributed by atoms with Crippen molar-refractivity contribution in [1.82, 2.24) is 4.72 Å². The molecule has 1 aliphatic rings. The van der Waals surface area contributed by atoms with Crippen molar-refractivity contribution in [2.24, 2.45) is 0 Å². The summed E-state index contributed by atoms with van der Waals surface area (Å²) < 4.78 is 60.2. The summed E-state index contributed by atoms with van der Waals surface area (Å²) in [7, 11) is -3.94. The number of halogens is 2. The first-order chi connectivity index (χ1) is 12.8. The maximum Gasteiger partial charge on any atom is 0.258 e. The van der Waals surface area contributed by atoms with Crippen LogP contribution in [0.1, 0.15) is 22.3 Å². The summed E-state index contributed by atoms with van der Waals surface area (Å²) in [6.07, 6.45) is 0.534. The molecule has 1 fully saturated rings. The average molecular weight is 396 g/mol. The monoisotopic (exact) mass is 396 g/mol. The molecule has 2 aromatic carbocycles. The Kier molecular flexibility index (Phi) is 5.54. The van der Waals surface area contributed by atoms with Crippen molar-refractivity contribution in [1.29, 1.82) is 0 Å². The minimum Gasteiger partial charge on any atom is -0.380 e. The van der Waals surface area contributed by atoms with Gasteiger partial charge in [-0.2, -0.15) is 0 Å². The molecule has 27 heavy (non-hydrogen) atoms. The zero-order valence-corrected chi connectivity index (χ0v) is 15.3. The molecular formula is C18H18F2N2O4S. The Morgan fingerprint density at radius 1 is 1.15 bits per heavy atom. The van der Waals surface area contributed by atoms with Crippen LogP contribution in [0.2, 0.25) is 0 Å². The number of rotatable bonds is 5. The van der Waals surface area contributed by atoms with E-state index in [9.17, 15) is 22.0 Å². The van der Waals surface area contributed by atoms with Gasteiger partial charge in [0.25, 0.3) is 5.91 Å². The van der Waals surface area contributed by atoms with Crippen molar-refractivity contribution in [2.75, 3.05) is 18.5 Å². The van der Waals surface area contributed by atoms with Gasteiger partial charge in [-0.25, -0.2) is 21.9 Å². The predicted octanol–water partition coefficient (Wildman–Crippen LogP) is 2.59. The van der Waals surface area contributed by atoms with Crippen LogP contribution in [0.25, 0.3) is 0 Å². The molecule has 0 bridgehead atoms. The van der Waals surface area contributed by atoms with Gasteiger partial charge in [0.15, 0.2) is 0 Å². The van der Waals surface area contributed by atoms with Gasteiger partial charge in [-0.15, -0.1) is 0 Å². The lowest BCUT2D eigenvalue weighted by molar-refractivity contribution is 0.102. The van der Waals surface area contributed by atoms with Crippen molar-refractivity contribution >= 4 is 21.6 Å². The second kappa shape index (κ2) is 7.71. The van der Waals surface area contributed by atoms with Gasteiger partial charge in [-0.3, -0.25) is 4.79 Å². The highest BCUT2D eigenvalue weighted by molar-refractivity contribution is 7.89. The van der Waals surface area contributed by atoms with Crippen LogP contribution in [-0.4, -0.2) is 33.6 Å². The first kappa shape index (κ1) is 19.4. The van der Waals surface area contributed by atoms with E-state index in [1.165, 1.54) is 12.1 Å². The van der Waals surface area contributed by atoms with Crippen LogP contribution >= 0.6 is 0 Å². The van der Waals surface area contributed by atoms with Crippen LogP contribution in [0.3, 0.4) is 0 Å². The second-order valence-electron chi connectivity index (χ2n) is 6.24. The van der Waals surface area contributed by atoms with Crippen molar-refractivity contribution < 1.29 is 26.7 Å². The SMILES string of the molecule is Cc1ccc(NC(=O)c2cc(S(=O)(=O)N[C@H]3CCOC3)ccc2F)cc1F. The molecule has 2 N–H and O–H groups in total. The number of nitrogens with one attached hydrogen (secondary N) is 2. The van der Waals surface area contributed by atoms with E-state index in [-0.39, 0.29) is 23.2 Å². The quantitative estimate of drug-likeness (QED) is 0.814. The molecule has 0 aromatic heterocycles. The maximum atomic E-state index is 14.1. The summed E-state index contributed by atoms with van der Waals surface area (Å²) in [5.74, 6) is -2.28. The molecule has 3 rings (SSSR count). The van der Waals surface area contributed by atoms with E-state index in [1.807, 2.05) is 0 Å². The van der Waals surface area contributed by atoms with Gasteiger partial charge in [0.1, 0.15) is 11.6 Å². The summed E-state index contributed by atoms with van der Waals surface area (Å²) in [5, 5.41) is 2.36. The largest absolute Gasteiger partial charge is 0.380 e. The molecule has 0 unspecified atom stereocenters. The highest BCUT2D eigenvalue weighted by Gasteiger charge is 2.25. The van der Waals surface area contributed by atoms with Crippen LogP contribution in [0.15, 0.2) is 41.3 Å². The zero-order chi connectivity index (χ0) is 19.6. The van der Waals surface area contributed by atoms with Crippen molar-refractivity contribution in [2.45, 2.75) is 24.3 Å². The third-order valence-electron chi connectivity index (χ3n) is 4.17. The molecule has 1 atom stereocenters. The summed E-state index contributed by atoms with van der Waals surface area (Å²) in [6, 6.07) is 6.61. The number of carbonyl (C=O) groups is 1. The molecular weight excluding hydrogens is 378 g/mol. The Labute approximate surface area is 155 Å². The number of sulfonamides is 1. The number of carbonyl (C=O) groups excluding carboxylic acids is 1. The van der Waals surface area contributed by atoms with Crippen LogP contribution < -0.4 is 10.0 Å². The van der Waals surface area contributed by atoms with Crippen molar-refractivity contribution in [3.05, 3.63) is 59.2 Å². The van der Waals surface area contributed by atoms with Crippen LogP contribution in [0.5, 0.6) is 0 Å². The van der Waals surface area contributed by atoms with Crippen LogP contribution in [-0.2, 0) is 14.8 Å². The molecule has 1 amide bonds. The highest BCUT2D eigenvalue weighted by Crippen LogP contribution is 2.19. The molecule has 2 aromatic rings. The van der Waals surface area contributed by atoms with Crippen molar-refractivity contribution in [3.8, 4) is 0 Å². The topological polar surface area (TPSA) is 84.5 Å². The second-order valence-corrected chi connectivity index (χ2v) is 7.96. The van der Waals surface area contributed by atoms with E-state index in [1.54, 1.807) is 6.92 Å². The van der Waals surface area contributed by atoms with Gasteiger partial charge >= 0.3 is 0 Å². The molecule has 1 heterocycles. The van der Waals surface area contributed by atoms with Gasteiger partial charge < -0.3 is 10.1 Å². The molecule has 9 heteroatoms. The fourth-order valence-corrected chi connectivity index (χ4v) is 3.91. The Balaban J connectivity index is 1.83. The van der Waals surface area contributed by atoms with Crippen LogP contribution in [0, 0.1) is 18.6 Å². The lowest BCUT2D eigenvalue weighted by Gasteiger charge is -2.13. The van der Waals surface area contributed by atoms with Gasteiger partial charge in [0, 0.05) is 18.3 Å². The normalized spacial score (nSPS) is 17.1. The summed E-state index contributed by atoms with van der Waals surface area (Å²) in [6.45, 7) is 2.28. The van der Waals surface area contributed by atoms with E-state index in [0.29, 0.717) is 18.6 Å². The molecule has 6 nitrogen and oxygen atoms in total. The molecule has 1 saturated heterocycles.